The Morgan fingerprint density at radius 2 is 2.11 bits per heavy atom. The van der Waals surface area contributed by atoms with Gasteiger partial charge in [-0.1, -0.05) is 25.1 Å². The van der Waals surface area contributed by atoms with Crippen molar-refractivity contribution < 1.29 is 0 Å². The summed E-state index contributed by atoms with van der Waals surface area (Å²) in [5.41, 5.74) is 0. The molecular formula is C8H14Si. The first-order valence-electron chi connectivity index (χ1n) is 3.34. The zero-order chi connectivity index (χ0) is 7.11. The van der Waals surface area contributed by atoms with Gasteiger partial charge in [-0.2, -0.15) is 0 Å². The lowest BCUT2D eigenvalue weighted by atomic mass is 10.4. The molecule has 9 heavy (non-hydrogen) atoms. The van der Waals surface area contributed by atoms with E-state index in [1.165, 1.54) is 0 Å². The standard InChI is InChI=1S/C8H14Si/c1-4-5-6-7-8-9(2)3/h4,9H,1,5,8H2,2-3H3. The van der Waals surface area contributed by atoms with Gasteiger partial charge in [0.05, 0.1) is 0 Å². The summed E-state index contributed by atoms with van der Waals surface area (Å²) in [7, 11) is -0.421. The highest BCUT2D eigenvalue weighted by Crippen LogP contribution is 1.87. The van der Waals surface area contributed by atoms with E-state index < -0.39 is 8.80 Å². The molecule has 0 aromatic rings. The van der Waals surface area contributed by atoms with Crippen molar-refractivity contribution in [2.75, 3.05) is 0 Å². The largest absolute Gasteiger partial charge is 0.106 e. The van der Waals surface area contributed by atoms with Crippen LogP contribution in [0.4, 0.5) is 0 Å². The predicted octanol–water partition coefficient (Wildman–Crippen LogP) is 2.05. The van der Waals surface area contributed by atoms with Crippen LogP contribution in [0.25, 0.3) is 0 Å². The van der Waals surface area contributed by atoms with Crippen LogP contribution in [0.1, 0.15) is 6.42 Å². The average molecular weight is 138 g/mol. The van der Waals surface area contributed by atoms with E-state index >= 15 is 0 Å². The summed E-state index contributed by atoms with van der Waals surface area (Å²) in [5, 5.41) is 0. The van der Waals surface area contributed by atoms with Crippen LogP contribution in [0.15, 0.2) is 12.7 Å². The van der Waals surface area contributed by atoms with E-state index in [4.69, 9.17) is 0 Å². The van der Waals surface area contributed by atoms with Crippen molar-refractivity contribution in [3.05, 3.63) is 12.7 Å². The highest BCUT2D eigenvalue weighted by molar-refractivity contribution is 6.56. The Balaban J connectivity index is 3.26. The molecule has 0 N–H and O–H groups in total. The number of rotatable bonds is 2. The zero-order valence-corrected chi connectivity index (χ0v) is 7.43. The normalized spacial score (nSPS) is 8.33. The summed E-state index contributed by atoms with van der Waals surface area (Å²) in [6.07, 6.45) is 2.69. The van der Waals surface area contributed by atoms with Crippen molar-refractivity contribution in [2.45, 2.75) is 25.6 Å². The minimum atomic E-state index is -0.421. The van der Waals surface area contributed by atoms with Crippen molar-refractivity contribution in [2.24, 2.45) is 0 Å². The van der Waals surface area contributed by atoms with Gasteiger partial charge in [0.2, 0.25) is 0 Å². The summed E-state index contributed by atoms with van der Waals surface area (Å²) in [6.45, 7) is 8.20. The number of allylic oxidation sites excluding steroid dienone is 1. The van der Waals surface area contributed by atoms with Crippen LogP contribution in [-0.2, 0) is 0 Å². The second-order valence-corrected chi connectivity index (χ2v) is 5.64. The molecule has 1 heteroatoms. The highest BCUT2D eigenvalue weighted by Gasteiger charge is 1.87. The lowest BCUT2D eigenvalue weighted by Crippen LogP contribution is -1.94. The fraction of sp³-hybridized carbons (Fsp3) is 0.500. The quantitative estimate of drug-likeness (QED) is 0.311. The predicted molar refractivity (Wildman–Crippen MR) is 46.3 cm³/mol. The Labute approximate surface area is 59.6 Å². The van der Waals surface area contributed by atoms with Gasteiger partial charge >= 0.3 is 0 Å². The molecule has 0 aliphatic rings. The van der Waals surface area contributed by atoms with Gasteiger partial charge in [-0.05, 0) is 0 Å². The van der Waals surface area contributed by atoms with Gasteiger partial charge in [-0.15, -0.1) is 12.5 Å². The van der Waals surface area contributed by atoms with Gasteiger partial charge in [-0.3, -0.25) is 0 Å². The van der Waals surface area contributed by atoms with E-state index in [-0.39, 0.29) is 0 Å². The summed E-state index contributed by atoms with van der Waals surface area (Å²) in [6, 6.07) is 1.15. The molecule has 0 radical (unpaired) electrons. The van der Waals surface area contributed by atoms with E-state index in [1.54, 1.807) is 0 Å². The van der Waals surface area contributed by atoms with Crippen LogP contribution in [0, 0.1) is 11.8 Å². The Morgan fingerprint density at radius 3 is 2.56 bits per heavy atom. The SMILES string of the molecule is C=CCC#CC[SiH](C)C. The molecule has 0 aromatic carbocycles. The Kier molecular flexibility index (Phi) is 5.35. The monoisotopic (exact) mass is 138 g/mol. The highest BCUT2D eigenvalue weighted by atomic mass is 28.3. The Bertz CT molecular complexity index is 125. The van der Waals surface area contributed by atoms with Gasteiger partial charge in [0.1, 0.15) is 0 Å². The lowest BCUT2D eigenvalue weighted by Gasteiger charge is -1.89. The van der Waals surface area contributed by atoms with E-state index in [2.05, 4.69) is 31.5 Å². The molecule has 0 aliphatic carbocycles. The summed E-state index contributed by atoms with van der Waals surface area (Å²) < 4.78 is 0. The van der Waals surface area contributed by atoms with Crippen molar-refractivity contribution in [3.8, 4) is 11.8 Å². The van der Waals surface area contributed by atoms with Crippen LogP contribution in [0.3, 0.4) is 0 Å². The first kappa shape index (κ1) is 8.52. The molecular weight excluding hydrogens is 124 g/mol. The van der Waals surface area contributed by atoms with Crippen molar-refractivity contribution >= 4 is 8.80 Å². The first-order valence-corrected chi connectivity index (χ1v) is 6.46. The second kappa shape index (κ2) is 5.65. The molecule has 0 heterocycles. The topological polar surface area (TPSA) is 0 Å². The van der Waals surface area contributed by atoms with E-state index in [0.29, 0.717) is 0 Å². The number of hydrogen-bond donors (Lipinski definition) is 0. The Hall–Kier alpha value is -0.483. The van der Waals surface area contributed by atoms with Crippen LogP contribution in [0.5, 0.6) is 0 Å². The molecule has 0 rings (SSSR count). The molecule has 0 saturated heterocycles. The molecule has 0 spiro atoms. The van der Waals surface area contributed by atoms with Crippen LogP contribution in [-0.4, -0.2) is 8.80 Å². The molecule has 0 nitrogen and oxygen atoms in total. The average Bonchev–Trinajstić information content (AvgIpc) is 1.80. The lowest BCUT2D eigenvalue weighted by molar-refractivity contribution is 1.48. The van der Waals surface area contributed by atoms with Crippen molar-refractivity contribution in [1.82, 2.24) is 0 Å². The van der Waals surface area contributed by atoms with Crippen LogP contribution in [0.2, 0.25) is 19.1 Å². The molecule has 0 unspecified atom stereocenters. The van der Waals surface area contributed by atoms with Gasteiger partial charge in [0.15, 0.2) is 0 Å². The number of hydrogen-bond acceptors (Lipinski definition) is 0. The van der Waals surface area contributed by atoms with Crippen LogP contribution >= 0.6 is 0 Å². The first-order chi connectivity index (χ1) is 4.27. The van der Waals surface area contributed by atoms with E-state index in [0.717, 1.165) is 12.5 Å². The molecule has 0 amide bonds. The molecule has 0 atom stereocenters. The summed E-state index contributed by atoms with van der Waals surface area (Å²) >= 11 is 0. The van der Waals surface area contributed by atoms with Crippen molar-refractivity contribution in [1.29, 1.82) is 0 Å². The molecule has 0 aromatic heterocycles. The summed E-state index contributed by atoms with van der Waals surface area (Å²) in [5.74, 6) is 6.16. The molecule has 0 saturated carbocycles. The van der Waals surface area contributed by atoms with E-state index in [1.807, 2.05) is 6.08 Å². The van der Waals surface area contributed by atoms with Crippen LogP contribution < -0.4 is 0 Å². The van der Waals surface area contributed by atoms with E-state index in [9.17, 15) is 0 Å². The second-order valence-electron chi connectivity index (χ2n) is 2.44. The molecule has 0 fully saturated rings. The third-order valence-corrected chi connectivity index (χ3v) is 1.90. The molecule has 0 bridgehead atoms. The maximum atomic E-state index is 3.59. The fourth-order valence-corrected chi connectivity index (χ4v) is 0.973. The zero-order valence-electron chi connectivity index (χ0n) is 6.28. The molecule has 0 aliphatic heterocycles. The maximum Gasteiger partial charge on any atom is 0.0443 e. The smallest absolute Gasteiger partial charge is 0.0443 e. The third-order valence-electron chi connectivity index (χ3n) is 0.882. The van der Waals surface area contributed by atoms with Crippen molar-refractivity contribution in [3.63, 3.8) is 0 Å². The maximum absolute atomic E-state index is 3.59. The minimum Gasteiger partial charge on any atom is -0.106 e. The fourth-order valence-electron chi connectivity index (χ4n) is 0.421. The third kappa shape index (κ3) is 7.52. The van der Waals surface area contributed by atoms with Gasteiger partial charge in [0, 0.05) is 21.3 Å². The van der Waals surface area contributed by atoms with Gasteiger partial charge < -0.3 is 0 Å². The van der Waals surface area contributed by atoms with Gasteiger partial charge in [-0.25, -0.2) is 0 Å². The van der Waals surface area contributed by atoms with Gasteiger partial charge in [0.25, 0.3) is 0 Å². The minimum absolute atomic E-state index is 0.421. The Morgan fingerprint density at radius 1 is 1.44 bits per heavy atom. The summed E-state index contributed by atoms with van der Waals surface area (Å²) in [4.78, 5) is 0. The molecule has 50 valence electrons.